The molecule has 0 aromatic rings. The molecule has 7 heteroatoms. The molecule has 0 rings (SSSR count). The molecule has 1 unspecified atom stereocenters. The molecule has 0 aromatic heterocycles. The summed E-state index contributed by atoms with van der Waals surface area (Å²) in [6, 6.07) is 0.584. The number of alkyl carbamates (subject to hydrolysis) is 1. The number of rotatable bonds is 9. The predicted molar refractivity (Wildman–Crippen MR) is 101 cm³/mol. The van der Waals surface area contributed by atoms with E-state index in [0.29, 0.717) is 12.6 Å². The van der Waals surface area contributed by atoms with Gasteiger partial charge < -0.3 is 25.6 Å². The number of aliphatic imine (C=N–C) groups is 1. The van der Waals surface area contributed by atoms with Crippen LogP contribution in [0.15, 0.2) is 4.99 Å². The molecule has 3 N–H and O–H groups in total. The lowest BCUT2D eigenvalue weighted by Gasteiger charge is -2.24. The number of carbonyl (C=O) groups is 1. The van der Waals surface area contributed by atoms with Crippen molar-refractivity contribution in [1.29, 1.82) is 0 Å². The number of hydrogen-bond donors (Lipinski definition) is 3. The number of nitrogens with zero attached hydrogens (tertiary/aromatic N) is 2. The highest BCUT2D eigenvalue weighted by atomic mass is 16.6. The van der Waals surface area contributed by atoms with Gasteiger partial charge in [0.25, 0.3) is 0 Å². The largest absolute Gasteiger partial charge is 0.444 e. The van der Waals surface area contributed by atoms with E-state index in [0.717, 1.165) is 38.4 Å². The van der Waals surface area contributed by atoms with Crippen LogP contribution in [0.1, 0.15) is 47.5 Å². The van der Waals surface area contributed by atoms with Crippen molar-refractivity contribution >= 4 is 12.1 Å². The van der Waals surface area contributed by atoms with E-state index in [4.69, 9.17) is 4.74 Å². The summed E-state index contributed by atoms with van der Waals surface area (Å²) < 4.78 is 5.18. The third-order valence-corrected chi connectivity index (χ3v) is 3.64. The van der Waals surface area contributed by atoms with Gasteiger partial charge in [-0.1, -0.05) is 6.92 Å². The second kappa shape index (κ2) is 11.9. The summed E-state index contributed by atoms with van der Waals surface area (Å²) in [6.07, 6.45) is 1.57. The van der Waals surface area contributed by atoms with Crippen LogP contribution in [-0.4, -0.2) is 68.9 Å². The first-order valence-corrected chi connectivity index (χ1v) is 8.81. The van der Waals surface area contributed by atoms with Gasteiger partial charge in [0.1, 0.15) is 5.60 Å². The summed E-state index contributed by atoms with van der Waals surface area (Å²) in [4.78, 5) is 18.0. The van der Waals surface area contributed by atoms with Gasteiger partial charge in [0.05, 0.1) is 0 Å². The van der Waals surface area contributed by atoms with Crippen molar-refractivity contribution in [2.45, 2.75) is 59.1 Å². The molecule has 0 aliphatic heterocycles. The Morgan fingerprint density at radius 2 is 1.75 bits per heavy atom. The lowest BCUT2D eigenvalue weighted by molar-refractivity contribution is 0.0527. The van der Waals surface area contributed by atoms with Crippen LogP contribution in [0.4, 0.5) is 4.79 Å². The van der Waals surface area contributed by atoms with E-state index in [2.05, 4.69) is 46.7 Å². The Labute approximate surface area is 147 Å². The fourth-order valence-corrected chi connectivity index (χ4v) is 1.90. The van der Waals surface area contributed by atoms with E-state index >= 15 is 0 Å². The molecular formula is C17H37N5O2. The number of amides is 1. The Balaban J connectivity index is 3.79. The minimum atomic E-state index is -0.462. The molecular weight excluding hydrogens is 306 g/mol. The topological polar surface area (TPSA) is 78.0 Å². The van der Waals surface area contributed by atoms with E-state index in [1.54, 1.807) is 7.05 Å². The molecule has 1 atom stereocenters. The monoisotopic (exact) mass is 343 g/mol. The SMILES string of the molecule is CCC(C)N(C)CCNC(=NC)NCCCNC(=O)OC(C)(C)C. The van der Waals surface area contributed by atoms with Gasteiger partial charge in [-0.15, -0.1) is 0 Å². The lowest BCUT2D eigenvalue weighted by Crippen LogP contribution is -2.43. The molecule has 0 spiro atoms. The van der Waals surface area contributed by atoms with Crippen LogP contribution in [0.5, 0.6) is 0 Å². The maximum atomic E-state index is 11.5. The third kappa shape index (κ3) is 12.0. The van der Waals surface area contributed by atoms with Crippen LogP contribution in [0, 0.1) is 0 Å². The van der Waals surface area contributed by atoms with Crippen LogP contribution in [0.25, 0.3) is 0 Å². The van der Waals surface area contributed by atoms with Gasteiger partial charge >= 0.3 is 6.09 Å². The molecule has 0 fully saturated rings. The Morgan fingerprint density at radius 1 is 1.17 bits per heavy atom. The van der Waals surface area contributed by atoms with Crippen molar-refractivity contribution in [3.8, 4) is 0 Å². The van der Waals surface area contributed by atoms with Crippen LogP contribution >= 0.6 is 0 Å². The van der Waals surface area contributed by atoms with E-state index in [1.807, 2.05) is 20.8 Å². The summed E-state index contributed by atoms with van der Waals surface area (Å²) in [7, 11) is 3.89. The van der Waals surface area contributed by atoms with Crippen molar-refractivity contribution in [2.24, 2.45) is 4.99 Å². The Bertz CT molecular complexity index is 380. The van der Waals surface area contributed by atoms with Gasteiger partial charge in [-0.05, 0) is 47.6 Å². The van der Waals surface area contributed by atoms with Gasteiger partial charge in [-0.3, -0.25) is 4.99 Å². The van der Waals surface area contributed by atoms with Gasteiger partial charge in [-0.2, -0.15) is 0 Å². The van der Waals surface area contributed by atoms with Gasteiger partial charge in [-0.25, -0.2) is 4.79 Å². The maximum Gasteiger partial charge on any atom is 0.407 e. The fourth-order valence-electron chi connectivity index (χ4n) is 1.90. The molecule has 0 aliphatic rings. The smallest absolute Gasteiger partial charge is 0.407 e. The molecule has 0 saturated heterocycles. The van der Waals surface area contributed by atoms with E-state index in [1.165, 1.54) is 0 Å². The molecule has 7 nitrogen and oxygen atoms in total. The van der Waals surface area contributed by atoms with Gasteiger partial charge in [0.15, 0.2) is 5.96 Å². The van der Waals surface area contributed by atoms with Crippen LogP contribution in [0.2, 0.25) is 0 Å². The zero-order valence-electron chi connectivity index (χ0n) is 16.5. The maximum absolute atomic E-state index is 11.5. The Kier molecular flexibility index (Phi) is 11.2. The number of nitrogens with one attached hydrogen (secondary N) is 3. The third-order valence-electron chi connectivity index (χ3n) is 3.64. The second-order valence-electron chi connectivity index (χ2n) is 6.95. The summed E-state index contributed by atoms with van der Waals surface area (Å²) in [5.74, 6) is 0.782. The molecule has 142 valence electrons. The van der Waals surface area contributed by atoms with Crippen LogP contribution < -0.4 is 16.0 Å². The number of likely N-dealkylation sites (N-methyl/N-ethyl adjacent to an activating group) is 1. The molecule has 0 aromatic carbocycles. The number of carbonyl (C=O) groups excluding carboxylic acids is 1. The van der Waals surface area contributed by atoms with Crippen molar-refractivity contribution in [3.05, 3.63) is 0 Å². The number of hydrogen-bond acceptors (Lipinski definition) is 4. The van der Waals surface area contributed by atoms with E-state index < -0.39 is 5.60 Å². The highest BCUT2D eigenvalue weighted by Gasteiger charge is 2.15. The predicted octanol–water partition coefficient (Wildman–Crippen LogP) is 1.80. The minimum Gasteiger partial charge on any atom is -0.444 e. The highest BCUT2D eigenvalue weighted by Crippen LogP contribution is 2.06. The summed E-state index contributed by atoms with van der Waals surface area (Å²) in [6.45, 7) is 13.1. The van der Waals surface area contributed by atoms with Crippen molar-refractivity contribution in [2.75, 3.05) is 40.3 Å². The van der Waals surface area contributed by atoms with Crippen LogP contribution in [0.3, 0.4) is 0 Å². The standard InChI is InChI=1S/C17H37N5O2/c1-8-14(2)22(7)13-12-20-15(18-6)19-10-9-11-21-16(23)24-17(3,4)5/h14H,8-13H2,1-7H3,(H,21,23)(H2,18,19,20). The lowest BCUT2D eigenvalue weighted by atomic mass is 10.2. The highest BCUT2D eigenvalue weighted by molar-refractivity contribution is 5.79. The Hall–Kier alpha value is -1.50. The quantitative estimate of drug-likeness (QED) is 0.338. The summed E-state index contributed by atoms with van der Waals surface area (Å²) >= 11 is 0. The summed E-state index contributed by atoms with van der Waals surface area (Å²) in [5, 5.41) is 9.27. The van der Waals surface area contributed by atoms with Gasteiger partial charge in [0, 0.05) is 39.3 Å². The molecule has 0 bridgehead atoms. The van der Waals surface area contributed by atoms with E-state index in [9.17, 15) is 4.79 Å². The minimum absolute atomic E-state index is 0.377. The molecule has 0 heterocycles. The second-order valence-corrected chi connectivity index (χ2v) is 6.95. The van der Waals surface area contributed by atoms with Crippen molar-refractivity contribution in [1.82, 2.24) is 20.9 Å². The van der Waals surface area contributed by atoms with E-state index in [-0.39, 0.29) is 6.09 Å². The van der Waals surface area contributed by atoms with Crippen LogP contribution in [-0.2, 0) is 4.74 Å². The fraction of sp³-hybridized carbons (Fsp3) is 0.882. The molecule has 0 aliphatic carbocycles. The average molecular weight is 344 g/mol. The van der Waals surface area contributed by atoms with Crippen molar-refractivity contribution in [3.63, 3.8) is 0 Å². The first-order valence-electron chi connectivity index (χ1n) is 8.81. The average Bonchev–Trinajstić information content (AvgIpc) is 2.49. The first kappa shape index (κ1) is 22.5. The Morgan fingerprint density at radius 3 is 2.29 bits per heavy atom. The zero-order valence-corrected chi connectivity index (χ0v) is 16.5. The summed E-state index contributed by atoms with van der Waals surface area (Å²) in [5.41, 5.74) is -0.462. The first-order chi connectivity index (χ1) is 11.2. The number of guanidine groups is 1. The normalized spacial score (nSPS) is 13.6. The molecule has 24 heavy (non-hydrogen) atoms. The molecule has 1 amide bonds. The van der Waals surface area contributed by atoms with Gasteiger partial charge in [0.2, 0.25) is 0 Å². The molecule has 0 saturated carbocycles. The number of ether oxygens (including phenoxy) is 1. The van der Waals surface area contributed by atoms with Crippen molar-refractivity contribution < 1.29 is 9.53 Å². The molecule has 0 radical (unpaired) electrons. The zero-order chi connectivity index (χ0) is 18.6.